The van der Waals surface area contributed by atoms with Crippen molar-refractivity contribution in [2.45, 2.75) is 13.0 Å². The lowest BCUT2D eigenvalue weighted by Crippen LogP contribution is -2.42. The molecule has 0 spiro atoms. The Morgan fingerprint density at radius 1 is 1.00 bits per heavy atom. The highest BCUT2D eigenvalue weighted by Gasteiger charge is 2.51. The quantitative estimate of drug-likeness (QED) is 0.377. The van der Waals surface area contributed by atoms with E-state index in [1.54, 1.807) is 36.3 Å². The first-order chi connectivity index (χ1) is 15.5. The van der Waals surface area contributed by atoms with E-state index in [4.69, 9.17) is 9.47 Å². The number of ketones is 2. The summed E-state index contributed by atoms with van der Waals surface area (Å²) in [6.07, 6.45) is 0. The van der Waals surface area contributed by atoms with Crippen molar-refractivity contribution in [2.24, 2.45) is 5.92 Å². The van der Waals surface area contributed by atoms with Gasteiger partial charge < -0.3 is 14.4 Å². The standard InChI is InChI=1S/C25H28N2O5/c1-17-3-5-19(6-4-17)23(28)21-22(18-7-9-20(31-2)10-8-18)27(25(30)24(21)29)12-11-26-13-15-32-16-14-26/h3-10,21-22H,11-16H2,1-2H3. The molecule has 2 fully saturated rings. The minimum Gasteiger partial charge on any atom is -0.497 e. The Kier molecular flexibility index (Phi) is 6.67. The number of likely N-dealkylation sites (tertiary alicyclic amines) is 1. The van der Waals surface area contributed by atoms with Crippen molar-refractivity contribution < 1.29 is 23.9 Å². The summed E-state index contributed by atoms with van der Waals surface area (Å²) in [7, 11) is 1.58. The minimum absolute atomic E-state index is 0.321. The van der Waals surface area contributed by atoms with Gasteiger partial charge in [0.25, 0.3) is 5.91 Å². The van der Waals surface area contributed by atoms with Crippen LogP contribution in [0.4, 0.5) is 0 Å². The van der Waals surface area contributed by atoms with Gasteiger partial charge in [-0.15, -0.1) is 0 Å². The van der Waals surface area contributed by atoms with Crippen molar-refractivity contribution in [3.63, 3.8) is 0 Å². The van der Waals surface area contributed by atoms with Gasteiger partial charge in [-0.25, -0.2) is 0 Å². The van der Waals surface area contributed by atoms with Gasteiger partial charge >= 0.3 is 0 Å². The first kappa shape index (κ1) is 22.2. The molecule has 0 saturated carbocycles. The number of hydrogen-bond acceptors (Lipinski definition) is 6. The Morgan fingerprint density at radius 3 is 2.28 bits per heavy atom. The summed E-state index contributed by atoms with van der Waals surface area (Å²) in [5.41, 5.74) is 2.21. The van der Waals surface area contributed by atoms with Gasteiger partial charge in [-0.2, -0.15) is 0 Å². The molecule has 2 aliphatic heterocycles. The van der Waals surface area contributed by atoms with E-state index in [0.717, 1.165) is 24.2 Å². The van der Waals surface area contributed by atoms with Crippen LogP contribution in [0, 0.1) is 12.8 Å². The predicted octanol–water partition coefficient (Wildman–Crippen LogP) is 2.29. The van der Waals surface area contributed by atoms with Crippen LogP contribution in [0.3, 0.4) is 0 Å². The molecule has 2 aliphatic rings. The number of morpholine rings is 1. The largest absolute Gasteiger partial charge is 0.497 e. The van der Waals surface area contributed by atoms with Crippen molar-refractivity contribution >= 4 is 17.5 Å². The highest BCUT2D eigenvalue weighted by molar-refractivity contribution is 6.44. The zero-order valence-electron chi connectivity index (χ0n) is 18.5. The maximum atomic E-state index is 13.4. The number of methoxy groups -OCH3 is 1. The summed E-state index contributed by atoms with van der Waals surface area (Å²) in [6, 6.07) is 13.7. The molecule has 0 aliphatic carbocycles. The zero-order chi connectivity index (χ0) is 22.7. The molecule has 2 saturated heterocycles. The molecule has 1 amide bonds. The average Bonchev–Trinajstić information content (AvgIpc) is 3.08. The van der Waals surface area contributed by atoms with Crippen LogP contribution >= 0.6 is 0 Å². The second-order valence-corrected chi connectivity index (χ2v) is 8.24. The van der Waals surface area contributed by atoms with Gasteiger partial charge in [-0.05, 0) is 24.6 Å². The molecule has 2 heterocycles. The second-order valence-electron chi connectivity index (χ2n) is 8.24. The molecule has 32 heavy (non-hydrogen) atoms. The molecular formula is C25H28N2O5. The summed E-state index contributed by atoms with van der Waals surface area (Å²) < 4.78 is 10.6. The maximum absolute atomic E-state index is 13.4. The van der Waals surface area contributed by atoms with Crippen LogP contribution in [-0.2, 0) is 14.3 Å². The predicted molar refractivity (Wildman–Crippen MR) is 119 cm³/mol. The van der Waals surface area contributed by atoms with E-state index in [-0.39, 0.29) is 5.78 Å². The SMILES string of the molecule is COc1ccc(C2C(C(=O)c3ccc(C)cc3)C(=O)C(=O)N2CCN2CCOCC2)cc1. The number of Topliss-reactive ketones (excluding diaryl/α,β-unsaturated/α-hetero) is 2. The van der Waals surface area contributed by atoms with Crippen molar-refractivity contribution in [2.75, 3.05) is 46.5 Å². The van der Waals surface area contributed by atoms with E-state index >= 15 is 0 Å². The third-order valence-electron chi connectivity index (χ3n) is 6.24. The molecule has 7 heteroatoms. The fraction of sp³-hybridized carbons (Fsp3) is 0.400. The summed E-state index contributed by atoms with van der Waals surface area (Å²) in [5, 5.41) is 0. The van der Waals surface area contributed by atoms with Crippen molar-refractivity contribution in [3.05, 3.63) is 65.2 Å². The van der Waals surface area contributed by atoms with Gasteiger partial charge in [0.05, 0.1) is 26.4 Å². The van der Waals surface area contributed by atoms with Crippen LogP contribution in [0.25, 0.3) is 0 Å². The fourth-order valence-electron chi connectivity index (χ4n) is 4.37. The Hall–Kier alpha value is -3.03. The van der Waals surface area contributed by atoms with Crippen LogP contribution in [0.5, 0.6) is 5.75 Å². The summed E-state index contributed by atoms with van der Waals surface area (Å²) in [5.74, 6) is -1.95. The molecule has 0 N–H and O–H groups in total. The molecule has 4 rings (SSSR count). The Labute approximate surface area is 187 Å². The van der Waals surface area contributed by atoms with E-state index in [2.05, 4.69) is 4.90 Å². The molecule has 0 bridgehead atoms. The van der Waals surface area contributed by atoms with Crippen LogP contribution < -0.4 is 4.74 Å². The molecule has 2 aromatic carbocycles. The lowest BCUT2D eigenvalue weighted by atomic mass is 9.86. The Morgan fingerprint density at radius 2 is 1.66 bits per heavy atom. The average molecular weight is 437 g/mol. The Bertz CT molecular complexity index is 980. The van der Waals surface area contributed by atoms with E-state index in [9.17, 15) is 14.4 Å². The first-order valence-electron chi connectivity index (χ1n) is 10.9. The molecule has 0 aromatic heterocycles. The highest BCUT2D eigenvalue weighted by Crippen LogP contribution is 2.38. The molecule has 168 valence electrons. The lowest BCUT2D eigenvalue weighted by Gasteiger charge is -2.31. The smallest absolute Gasteiger partial charge is 0.291 e. The van der Waals surface area contributed by atoms with Gasteiger partial charge in [0.2, 0.25) is 5.78 Å². The van der Waals surface area contributed by atoms with Crippen LogP contribution in [0.15, 0.2) is 48.5 Å². The van der Waals surface area contributed by atoms with Crippen molar-refractivity contribution in [3.8, 4) is 5.75 Å². The van der Waals surface area contributed by atoms with Crippen molar-refractivity contribution in [1.29, 1.82) is 0 Å². The number of amides is 1. The molecule has 2 atom stereocenters. The molecule has 2 aromatic rings. The number of nitrogens with zero attached hydrogens (tertiary/aromatic N) is 2. The summed E-state index contributed by atoms with van der Waals surface area (Å²) >= 11 is 0. The molecule has 0 radical (unpaired) electrons. The number of benzene rings is 2. The third kappa shape index (κ3) is 4.45. The molecule has 2 unspecified atom stereocenters. The number of carbonyl (C=O) groups is 3. The monoisotopic (exact) mass is 436 g/mol. The summed E-state index contributed by atoms with van der Waals surface area (Å²) in [4.78, 5) is 43.3. The zero-order valence-corrected chi connectivity index (χ0v) is 18.5. The molecular weight excluding hydrogens is 408 g/mol. The number of carbonyl (C=O) groups excluding carboxylic acids is 3. The Balaban J connectivity index is 1.66. The number of aryl methyl sites for hydroxylation is 1. The van der Waals surface area contributed by atoms with Gasteiger partial charge in [0.1, 0.15) is 11.7 Å². The topological polar surface area (TPSA) is 76.2 Å². The number of ether oxygens (including phenoxy) is 2. The third-order valence-corrected chi connectivity index (χ3v) is 6.24. The normalized spacial score (nSPS) is 21.8. The molecule has 7 nitrogen and oxygen atoms in total. The van der Waals surface area contributed by atoms with E-state index < -0.39 is 23.7 Å². The van der Waals surface area contributed by atoms with Crippen LogP contribution in [0.1, 0.15) is 27.5 Å². The van der Waals surface area contributed by atoms with E-state index in [1.165, 1.54) is 0 Å². The fourth-order valence-corrected chi connectivity index (χ4v) is 4.37. The van der Waals surface area contributed by atoms with E-state index in [1.807, 2.05) is 31.2 Å². The maximum Gasteiger partial charge on any atom is 0.291 e. The highest BCUT2D eigenvalue weighted by atomic mass is 16.5. The van der Waals surface area contributed by atoms with Crippen LogP contribution in [-0.4, -0.2) is 73.8 Å². The van der Waals surface area contributed by atoms with Gasteiger partial charge in [-0.1, -0.05) is 42.0 Å². The van der Waals surface area contributed by atoms with Gasteiger partial charge in [0.15, 0.2) is 5.78 Å². The summed E-state index contributed by atoms with van der Waals surface area (Å²) in [6.45, 7) is 5.82. The van der Waals surface area contributed by atoms with Gasteiger partial charge in [0, 0.05) is 31.7 Å². The van der Waals surface area contributed by atoms with Gasteiger partial charge in [-0.3, -0.25) is 19.3 Å². The minimum atomic E-state index is -1.07. The number of rotatable bonds is 7. The van der Waals surface area contributed by atoms with Crippen molar-refractivity contribution in [1.82, 2.24) is 9.80 Å². The second kappa shape index (κ2) is 9.63. The van der Waals surface area contributed by atoms with Crippen LogP contribution in [0.2, 0.25) is 0 Å². The number of hydrogen-bond donors (Lipinski definition) is 0. The van der Waals surface area contributed by atoms with E-state index in [0.29, 0.717) is 37.6 Å². The first-order valence-corrected chi connectivity index (χ1v) is 10.9. The lowest BCUT2D eigenvalue weighted by molar-refractivity contribution is -0.141.